The van der Waals surface area contributed by atoms with Gasteiger partial charge < -0.3 is 9.84 Å². The highest BCUT2D eigenvalue weighted by Crippen LogP contribution is 2.05. The van der Waals surface area contributed by atoms with Crippen LogP contribution in [0.3, 0.4) is 0 Å². The Morgan fingerprint density at radius 3 is 2.25 bits per heavy atom. The summed E-state index contributed by atoms with van der Waals surface area (Å²) in [6.45, 7) is 2.01. The summed E-state index contributed by atoms with van der Waals surface area (Å²) in [7, 11) is 1.58. The van der Waals surface area contributed by atoms with Gasteiger partial charge in [0.1, 0.15) is 0 Å². The summed E-state index contributed by atoms with van der Waals surface area (Å²) in [6, 6.07) is 0. The fourth-order valence-electron chi connectivity index (χ4n) is 0.407. The minimum absolute atomic E-state index is 0.0723. The zero-order valence-corrected chi connectivity index (χ0v) is 6.68. The molecule has 0 heterocycles. The fraction of sp³-hybridized carbons (Fsp3) is 1.00. The molecule has 0 rings (SSSR count). The number of ether oxygens (including phenoxy) is 1. The maximum atomic E-state index is 8.54. The number of hydrogen-bond donors (Lipinski definition) is 1. The van der Waals surface area contributed by atoms with Crippen LogP contribution in [0, 0.1) is 0 Å². The Bertz CT molecular complexity index is 52.4. The number of aliphatic hydroxyl groups excluding tert-OH is 1. The first-order valence-corrected chi connectivity index (χ1v) is 3.41. The van der Waals surface area contributed by atoms with Crippen molar-refractivity contribution in [3.8, 4) is 0 Å². The van der Waals surface area contributed by atoms with E-state index >= 15 is 0 Å². The lowest BCUT2D eigenvalue weighted by molar-refractivity contribution is 0.0517. The fourth-order valence-corrected chi connectivity index (χ4v) is 0.790. The van der Waals surface area contributed by atoms with Gasteiger partial charge in [0, 0.05) is 11.9 Å². The normalized spacial score (nSPS) is 18.0. The molecule has 2 nitrogen and oxygen atoms in total. The third-order valence-electron chi connectivity index (χ3n) is 0.995. The van der Waals surface area contributed by atoms with Crippen molar-refractivity contribution >= 4 is 15.9 Å². The van der Waals surface area contributed by atoms with Crippen LogP contribution < -0.4 is 0 Å². The van der Waals surface area contributed by atoms with E-state index in [1.165, 1.54) is 0 Å². The summed E-state index contributed by atoms with van der Waals surface area (Å²) < 4.78 is 4.86. The van der Waals surface area contributed by atoms with Crippen LogP contribution in [0.25, 0.3) is 0 Å². The van der Waals surface area contributed by atoms with Crippen LogP contribution in [0.5, 0.6) is 0 Å². The maximum Gasteiger partial charge on any atom is 0.0923 e. The lowest BCUT2D eigenvalue weighted by Gasteiger charge is -2.13. The van der Waals surface area contributed by atoms with Crippen LogP contribution in [-0.4, -0.2) is 29.8 Å². The topological polar surface area (TPSA) is 29.5 Å². The summed E-state index contributed by atoms with van der Waals surface area (Å²) in [5, 5.41) is 8.54. The Kier molecular flexibility index (Phi) is 4.51. The Hall–Kier alpha value is 0.400. The van der Waals surface area contributed by atoms with Gasteiger partial charge in [0.05, 0.1) is 12.7 Å². The average Bonchev–Trinajstić information content (AvgIpc) is 1.69. The first kappa shape index (κ1) is 8.40. The molecule has 0 aliphatic heterocycles. The average molecular weight is 183 g/mol. The summed E-state index contributed by atoms with van der Waals surface area (Å²) >= 11 is 3.28. The first-order valence-electron chi connectivity index (χ1n) is 2.50. The second-order valence-corrected chi connectivity index (χ2v) is 3.08. The van der Waals surface area contributed by atoms with Gasteiger partial charge in [-0.15, -0.1) is 0 Å². The zero-order chi connectivity index (χ0) is 6.57. The second-order valence-electron chi connectivity index (χ2n) is 1.63. The predicted octanol–water partition coefficient (Wildman–Crippen LogP) is 0.777. The molecule has 0 aliphatic rings. The Morgan fingerprint density at radius 2 is 2.25 bits per heavy atom. The van der Waals surface area contributed by atoms with E-state index in [1.807, 2.05) is 6.92 Å². The molecule has 50 valence electrons. The first-order chi connectivity index (χ1) is 3.72. The molecular weight excluding hydrogens is 172 g/mol. The molecule has 0 aliphatic carbocycles. The van der Waals surface area contributed by atoms with Gasteiger partial charge in [-0.05, 0) is 0 Å². The van der Waals surface area contributed by atoms with Gasteiger partial charge in [-0.3, -0.25) is 0 Å². The summed E-state index contributed by atoms with van der Waals surface area (Å²) in [6.07, 6.45) is -0.0741. The standard InChI is InChI=1S/C5H11BrO2/c1-4(6)5(3-7)8-2/h4-5,7H,3H2,1-2H3. The molecule has 2 unspecified atom stereocenters. The Balaban J connectivity index is 3.35. The minimum atomic E-state index is -0.0741. The molecule has 0 bridgehead atoms. The van der Waals surface area contributed by atoms with Crippen molar-refractivity contribution in [3.05, 3.63) is 0 Å². The van der Waals surface area contributed by atoms with Gasteiger partial charge in [-0.1, -0.05) is 22.9 Å². The van der Waals surface area contributed by atoms with Crippen LogP contribution >= 0.6 is 15.9 Å². The monoisotopic (exact) mass is 182 g/mol. The van der Waals surface area contributed by atoms with Crippen molar-refractivity contribution in [2.45, 2.75) is 17.9 Å². The van der Waals surface area contributed by atoms with E-state index < -0.39 is 0 Å². The van der Waals surface area contributed by atoms with Crippen LogP contribution in [0.15, 0.2) is 0 Å². The number of rotatable bonds is 3. The molecule has 0 aromatic heterocycles. The highest BCUT2D eigenvalue weighted by molar-refractivity contribution is 9.09. The van der Waals surface area contributed by atoms with Crippen LogP contribution in [0.1, 0.15) is 6.92 Å². The molecule has 3 heteroatoms. The van der Waals surface area contributed by atoms with E-state index in [1.54, 1.807) is 7.11 Å². The number of hydrogen-bond acceptors (Lipinski definition) is 2. The van der Waals surface area contributed by atoms with Crippen LogP contribution in [-0.2, 0) is 4.74 Å². The molecule has 0 aromatic rings. The highest BCUT2D eigenvalue weighted by Gasteiger charge is 2.10. The van der Waals surface area contributed by atoms with Crippen molar-refractivity contribution in [1.82, 2.24) is 0 Å². The van der Waals surface area contributed by atoms with Crippen LogP contribution in [0.2, 0.25) is 0 Å². The highest BCUT2D eigenvalue weighted by atomic mass is 79.9. The van der Waals surface area contributed by atoms with Crippen molar-refractivity contribution < 1.29 is 9.84 Å². The molecule has 0 saturated heterocycles. The Morgan fingerprint density at radius 1 is 1.75 bits per heavy atom. The van der Waals surface area contributed by atoms with E-state index in [2.05, 4.69) is 15.9 Å². The molecule has 1 N–H and O–H groups in total. The second kappa shape index (κ2) is 4.30. The molecule has 0 radical (unpaired) electrons. The van der Waals surface area contributed by atoms with Crippen molar-refractivity contribution in [3.63, 3.8) is 0 Å². The Labute approximate surface area is 58.0 Å². The largest absolute Gasteiger partial charge is 0.394 e. The molecule has 0 fully saturated rings. The maximum absolute atomic E-state index is 8.54. The number of aliphatic hydroxyl groups is 1. The lowest BCUT2D eigenvalue weighted by atomic mass is 10.3. The van der Waals surface area contributed by atoms with Crippen LogP contribution in [0.4, 0.5) is 0 Å². The molecule has 0 amide bonds. The van der Waals surface area contributed by atoms with E-state index in [0.717, 1.165) is 0 Å². The quantitative estimate of drug-likeness (QED) is 0.655. The van der Waals surface area contributed by atoms with Gasteiger partial charge in [0.15, 0.2) is 0 Å². The molecule has 8 heavy (non-hydrogen) atoms. The zero-order valence-electron chi connectivity index (χ0n) is 5.10. The van der Waals surface area contributed by atoms with E-state index in [9.17, 15) is 0 Å². The predicted molar refractivity (Wildman–Crippen MR) is 36.3 cm³/mol. The number of methoxy groups -OCH3 is 1. The minimum Gasteiger partial charge on any atom is -0.394 e. The number of alkyl halides is 1. The van der Waals surface area contributed by atoms with Gasteiger partial charge in [0.25, 0.3) is 0 Å². The van der Waals surface area contributed by atoms with E-state index in [4.69, 9.17) is 9.84 Å². The van der Waals surface area contributed by atoms with Gasteiger partial charge >= 0.3 is 0 Å². The van der Waals surface area contributed by atoms with E-state index in [-0.39, 0.29) is 17.5 Å². The molecule has 0 aromatic carbocycles. The molecule has 2 atom stereocenters. The van der Waals surface area contributed by atoms with Crippen molar-refractivity contribution in [2.24, 2.45) is 0 Å². The van der Waals surface area contributed by atoms with Crippen molar-refractivity contribution in [1.29, 1.82) is 0 Å². The van der Waals surface area contributed by atoms with E-state index in [0.29, 0.717) is 0 Å². The summed E-state index contributed by atoms with van der Waals surface area (Å²) in [5.74, 6) is 0. The molecule has 0 saturated carbocycles. The lowest BCUT2D eigenvalue weighted by Crippen LogP contribution is -2.24. The summed E-state index contributed by atoms with van der Waals surface area (Å²) in [5.41, 5.74) is 0. The number of halogens is 1. The smallest absolute Gasteiger partial charge is 0.0923 e. The van der Waals surface area contributed by atoms with Gasteiger partial charge in [-0.2, -0.15) is 0 Å². The summed E-state index contributed by atoms with van der Waals surface area (Å²) in [4.78, 5) is 0.220. The third kappa shape index (κ3) is 2.64. The molecular formula is C5H11BrO2. The SMILES string of the molecule is COC(CO)C(C)Br. The van der Waals surface area contributed by atoms with Gasteiger partial charge in [0.2, 0.25) is 0 Å². The third-order valence-corrected chi connectivity index (χ3v) is 1.58. The van der Waals surface area contributed by atoms with Gasteiger partial charge in [-0.25, -0.2) is 0 Å². The van der Waals surface area contributed by atoms with Crippen molar-refractivity contribution in [2.75, 3.05) is 13.7 Å². The molecule has 0 spiro atoms.